The number of nitrogens with one attached hydrogen (secondary N) is 1. The average Bonchev–Trinajstić information content (AvgIpc) is 3.03. The summed E-state index contributed by atoms with van der Waals surface area (Å²) in [5.41, 5.74) is -1.65. The number of halogens is 3. The van der Waals surface area contributed by atoms with Gasteiger partial charge in [0.1, 0.15) is 12.2 Å². The van der Waals surface area contributed by atoms with Crippen LogP contribution in [0, 0.1) is 11.3 Å². The van der Waals surface area contributed by atoms with Gasteiger partial charge in [-0.2, -0.15) is 23.5 Å². The minimum absolute atomic E-state index is 0.274. The molecule has 11 heteroatoms. The number of sulfonamides is 1. The fourth-order valence-corrected chi connectivity index (χ4v) is 4.14. The Labute approximate surface area is 141 Å². The number of rotatable bonds is 3. The van der Waals surface area contributed by atoms with Gasteiger partial charge in [-0.05, 0) is 31.0 Å². The van der Waals surface area contributed by atoms with E-state index in [1.54, 1.807) is 6.07 Å². The number of hydrogen-bond donors (Lipinski definition) is 1. The van der Waals surface area contributed by atoms with E-state index in [9.17, 15) is 21.6 Å². The quantitative estimate of drug-likeness (QED) is 0.889. The molecule has 7 nitrogen and oxygen atoms in total. The van der Waals surface area contributed by atoms with Gasteiger partial charge in [-0.15, -0.1) is 0 Å². The molecule has 1 aliphatic rings. The summed E-state index contributed by atoms with van der Waals surface area (Å²) in [6, 6.07) is 3.16. The molecule has 0 amide bonds. The van der Waals surface area contributed by atoms with Gasteiger partial charge in [-0.1, -0.05) is 0 Å². The van der Waals surface area contributed by atoms with E-state index in [2.05, 4.69) is 14.8 Å². The van der Waals surface area contributed by atoms with E-state index in [-0.39, 0.29) is 5.56 Å². The summed E-state index contributed by atoms with van der Waals surface area (Å²) < 4.78 is 68.6. The first-order valence-electron chi connectivity index (χ1n) is 7.24. The Kier molecular flexibility index (Phi) is 4.26. The first-order valence-corrected chi connectivity index (χ1v) is 8.72. The SMILES string of the molecule is N#Cc1ccc(S(=O)(=O)N[C@H]2CCCn3ncnc32)c(C(F)(F)F)c1. The number of hydrogen-bond acceptors (Lipinski definition) is 5. The number of fused-ring (bicyclic) bond motifs is 1. The monoisotopic (exact) mass is 371 g/mol. The molecule has 2 heterocycles. The Morgan fingerprint density at radius 2 is 2.12 bits per heavy atom. The number of nitriles is 1. The van der Waals surface area contributed by atoms with E-state index >= 15 is 0 Å². The van der Waals surface area contributed by atoms with Crippen LogP contribution in [0.15, 0.2) is 29.4 Å². The van der Waals surface area contributed by atoms with Crippen molar-refractivity contribution in [3.8, 4) is 6.07 Å². The molecule has 0 unspecified atom stereocenters. The molecule has 0 fully saturated rings. The third-order valence-electron chi connectivity index (χ3n) is 3.82. The van der Waals surface area contributed by atoms with Crippen LogP contribution in [0.1, 0.15) is 35.8 Å². The Morgan fingerprint density at radius 1 is 1.36 bits per heavy atom. The van der Waals surface area contributed by atoms with Crippen molar-refractivity contribution in [2.75, 3.05) is 0 Å². The van der Waals surface area contributed by atoms with E-state index < -0.39 is 32.7 Å². The molecule has 3 rings (SSSR count). The van der Waals surface area contributed by atoms with Crippen LogP contribution in [0.4, 0.5) is 13.2 Å². The Morgan fingerprint density at radius 3 is 2.80 bits per heavy atom. The van der Waals surface area contributed by atoms with E-state index in [0.29, 0.717) is 31.3 Å². The van der Waals surface area contributed by atoms with Crippen molar-refractivity contribution in [1.29, 1.82) is 5.26 Å². The molecule has 0 radical (unpaired) electrons. The molecule has 0 saturated heterocycles. The highest BCUT2D eigenvalue weighted by atomic mass is 32.2. The first-order chi connectivity index (χ1) is 11.7. The molecule has 132 valence electrons. The van der Waals surface area contributed by atoms with E-state index in [4.69, 9.17) is 5.26 Å². The lowest BCUT2D eigenvalue weighted by molar-refractivity contribution is -0.139. The minimum Gasteiger partial charge on any atom is -0.248 e. The number of benzene rings is 1. The van der Waals surface area contributed by atoms with Crippen LogP contribution in [0.3, 0.4) is 0 Å². The summed E-state index contributed by atoms with van der Waals surface area (Å²) in [7, 11) is -4.48. The standard InChI is InChI=1S/C14H12F3N5O2S/c15-14(16,17)10-6-9(7-18)3-4-12(10)25(23,24)21-11-2-1-5-22-13(11)19-8-20-22/h3-4,6,8,11,21H,1-2,5H2/t11-/m0/s1. The summed E-state index contributed by atoms with van der Waals surface area (Å²) in [6.45, 7) is 0.568. The zero-order chi connectivity index (χ0) is 18.2. The highest BCUT2D eigenvalue weighted by molar-refractivity contribution is 7.89. The summed E-state index contributed by atoms with van der Waals surface area (Å²) in [4.78, 5) is 3.05. The number of aryl methyl sites for hydroxylation is 1. The molecule has 0 bridgehead atoms. The van der Waals surface area contributed by atoms with Crippen molar-refractivity contribution < 1.29 is 21.6 Å². The van der Waals surface area contributed by atoms with Gasteiger partial charge in [0, 0.05) is 6.54 Å². The van der Waals surface area contributed by atoms with Crippen molar-refractivity contribution in [1.82, 2.24) is 19.5 Å². The Balaban J connectivity index is 2.01. The maximum atomic E-state index is 13.2. The van der Waals surface area contributed by atoms with Crippen molar-refractivity contribution in [3.63, 3.8) is 0 Å². The second-order valence-electron chi connectivity index (χ2n) is 5.48. The number of alkyl halides is 3. The third kappa shape index (κ3) is 3.35. The highest BCUT2D eigenvalue weighted by Crippen LogP contribution is 2.35. The van der Waals surface area contributed by atoms with E-state index in [0.717, 1.165) is 12.1 Å². The second kappa shape index (κ2) is 6.12. The van der Waals surface area contributed by atoms with Crippen molar-refractivity contribution in [3.05, 3.63) is 41.5 Å². The summed E-state index contributed by atoms with van der Waals surface area (Å²) in [5.74, 6) is 0.358. The van der Waals surface area contributed by atoms with Gasteiger partial charge in [0.05, 0.1) is 28.1 Å². The average molecular weight is 371 g/mol. The van der Waals surface area contributed by atoms with Crippen molar-refractivity contribution in [2.24, 2.45) is 0 Å². The number of aromatic nitrogens is 3. The smallest absolute Gasteiger partial charge is 0.248 e. The van der Waals surface area contributed by atoms with Gasteiger partial charge in [-0.3, -0.25) is 0 Å². The number of nitrogens with zero attached hydrogens (tertiary/aromatic N) is 4. The minimum atomic E-state index is -4.91. The van der Waals surface area contributed by atoms with Crippen LogP contribution in [0.5, 0.6) is 0 Å². The normalized spacial score (nSPS) is 17.8. The first kappa shape index (κ1) is 17.4. The van der Waals surface area contributed by atoms with Gasteiger partial charge in [0.15, 0.2) is 0 Å². The summed E-state index contributed by atoms with van der Waals surface area (Å²) in [5, 5.41) is 12.7. The molecular formula is C14H12F3N5O2S. The topological polar surface area (TPSA) is 101 Å². The van der Waals surface area contributed by atoms with Crippen LogP contribution in [0.2, 0.25) is 0 Å². The molecule has 1 aliphatic heterocycles. The molecule has 1 aromatic carbocycles. The Hall–Kier alpha value is -2.45. The van der Waals surface area contributed by atoms with Gasteiger partial charge in [-0.25, -0.2) is 22.8 Å². The van der Waals surface area contributed by atoms with Crippen LogP contribution in [0.25, 0.3) is 0 Å². The molecular weight excluding hydrogens is 359 g/mol. The molecule has 0 aliphatic carbocycles. The van der Waals surface area contributed by atoms with Gasteiger partial charge < -0.3 is 0 Å². The van der Waals surface area contributed by atoms with Gasteiger partial charge in [0.25, 0.3) is 0 Å². The van der Waals surface area contributed by atoms with Crippen LogP contribution >= 0.6 is 0 Å². The van der Waals surface area contributed by atoms with E-state index in [1.165, 1.54) is 11.0 Å². The zero-order valence-corrected chi connectivity index (χ0v) is 13.5. The molecule has 1 atom stereocenters. The molecule has 2 aromatic rings. The molecule has 0 spiro atoms. The van der Waals surface area contributed by atoms with Gasteiger partial charge in [0.2, 0.25) is 10.0 Å². The third-order valence-corrected chi connectivity index (χ3v) is 5.35. The van der Waals surface area contributed by atoms with Crippen molar-refractivity contribution >= 4 is 10.0 Å². The molecule has 0 saturated carbocycles. The fraction of sp³-hybridized carbons (Fsp3) is 0.357. The molecule has 1 aromatic heterocycles. The lowest BCUT2D eigenvalue weighted by Crippen LogP contribution is -2.34. The predicted molar refractivity (Wildman–Crippen MR) is 78.5 cm³/mol. The lowest BCUT2D eigenvalue weighted by Gasteiger charge is -2.23. The van der Waals surface area contributed by atoms with E-state index in [1.807, 2.05) is 0 Å². The van der Waals surface area contributed by atoms with Crippen molar-refractivity contribution in [2.45, 2.75) is 36.5 Å². The van der Waals surface area contributed by atoms with Crippen LogP contribution in [-0.4, -0.2) is 23.2 Å². The zero-order valence-electron chi connectivity index (χ0n) is 12.7. The second-order valence-corrected chi connectivity index (χ2v) is 7.16. The predicted octanol–water partition coefficient (Wildman–Crippen LogP) is 1.98. The lowest BCUT2D eigenvalue weighted by atomic mass is 10.1. The maximum absolute atomic E-state index is 13.2. The van der Waals surface area contributed by atoms with Crippen LogP contribution in [-0.2, 0) is 22.7 Å². The summed E-state index contributed by atoms with van der Waals surface area (Å²) >= 11 is 0. The highest BCUT2D eigenvalue weighted by Gasteiger charge is 2.38. The van der Waals surface area contributed by atoms with Crippen LogP contribution < -0.4 is 4.72 Å². The molecule has 25 heavy (non-hydrogen) atoms. The maximum Gasteiger partial charge on any atom is 0.417 e. The molecule has 1 N–H and O–H groups in total. The Bertz CT molecular complexity index is 946. The summed E-state index contributed by atoms with van der Waals surface area (Å²) in [6.07, 6.45) is -2.63. The largest absolute Gasteiger partial charge is 0.417 e. The van der Waals surface area contributed by atoms with Gasteiger partial charge >= 0.3 is 6.18 Å². The fourth-order valence-electron chi connectivity index (χ4n) is 2.71.